The van der Waals surface area contributed by atoms with Gasteiger partial charge in [-0.1, -0.05) is 43.7 Å². The second-order valence-corrected chi connectivity index (χ2v) is 6.77. The number of rotatable bonds is 6. The Labute approximate surface area is 123 Å². The van der Waals surface area contributed by atoms with Gasteiger partial charge in [-0.05, 0) is 43.2 Å². The van der Waals surface area contributed by atoms with Crippen LogP contribution >= 0.6 is 0 Å². The molecule has 2 heteroatoms. The molecule has 0 bridgehead atoms. The van der Waals surface area contributed by atoms with Crippen molar-refractivity contribution in [3.8, 4) is 0 Å². The Hall–Kier alpha value is -0.860. The summed E-state index contributed by atoms with van der Waals surface area (Å²) in [6.45, 7) is 5.93. The summed E-state index contributed by atoms with van der Waals surface area (Å²) < 4.78 is 0. The molecule has 1 heterocycles. The lowest BCUT2D eigenvalue weighted by molar-refractivity contribution is 0.182. The van der Waals surface area contributed by atoms with Crippen molar-refractivity contribution < 1.29 is 0 Å². The van der Waals surface area contributed by atoms with Gasteiger partial charge in [-0.2, -0.15) is 0 Å². The van der Waals surface area contributed by atoms with Crippen molar-refractivity contribution in [1.29, 1.82) is 0 Å². The highest BCUT2D eigenvalue weighted by molar-refractivity contribution is 5.27. The number of benzene rings is 1. The fraction of sp³-hybridized carbons (Fsp3) is 0.667. The lowest BCUT2D eigenvalue weighted by Gasteiger charge is -2.38. The normalized spacial score (nSPS) is 33.0. The molecule has 1 aromatic carbocycles. The Morgan fingerprint density at radius 3 is 2.85 bits per heavy atom. The van der Waals surface area contributed by atoms with E-state index in [0.717, 1.165) is 5.92 Å². The van der Waals surface area contributed by atoms with Crippen LogP contribution in [0.2, 0.25) is 0 Å². The van der Waals surface area contributed by atoms with Crippen molar-refractivity contribution in [2.45, 2.75) is 51.0 Å². The molecule has 1 saturated heterocycles. The standard InChI is InChI=1S/C18H28N2/c1-2-9-18(10-6-11-19-13-18)14-20-17-12-16(17)15-7-4-3-5-8-15/h3-5,7-8,16-17,19-20H,2,6,9-14H2,1H3. The van der Waals surface area contributed by atoms with Crippen LogP contribution in [0, 0.1) is 5.41 Å². The minimum Gasteiger partial charge on any atom is -0.316 e. The van der Waals surface area contributed by atoms with Crippen LogP contribution in [-0.4, -0.2) is 25.7 Å². The largest absolute Gasteiger partial charge is 0.316 e. The molecule has 0 spiro atoms. The average molecular weight is 272 g/mol. The van der Waals surface area contributed by atoms with E-state index in [0.29, 0.717) is 11.5 Å². The second-order valence-electron chi connectivity index (χ2n) is 6.77. The first-order chi connectivity index (χ1) is 9.83. The summed E-state index contributed by atoms with van der Waals surface area (Å²) in [7, 11) is 0. The van der Waals surface area contributed by atoms with E-state index in [4.69, 9.17) is 0 Å². The van der Waals surface area contributed by atoms with Crippen molar-refractivity contribution >= 4 is 0 Å². The zero-order chi connectivity index (χ0) is 13.8. The Balaban J connectivity index is 1.52. The SMILES string of the molecule is CCCC1(CNC2CC2c2ccccc2)CCCNC1. The number of piperidine rings is 1. The maximum absolute atomic E-state index is 3.86. The highest BCUT2D eigenvalue weighted by Gasteiger charge is 2.40. The third-order valence-corrected chi connectivity index (χ3v) is 5.10. The molecule has 110 valence electrons. The van der Waals surface area contributed by atoms with Crippen LogP contribution in [0.4, 0.5) is 0 Å². The fourth-order valence-corrected chi connectivity index (χ4v) is 3.85. The molecule has 2 fully saturated rings. The van der Waals surface area contributed by atoms with Crippen LogP contribution in [0.5, 0.6) is 0 Å². The molecule has 3 rings (SSSR count). The lowest BCUT2D eigenvalue weighted by atomic mass is 9.77. The van der Waals surface area contributed by atoms with Crippen molar-refractivity contribution in [3.05, 3.63) is 35.9 Å². The molecule has 1 aliphatic heterocycles. The molecule has 3 unspecified atom stereocenters. The first-order valence-corrected chi connectivity index (χ1v) is 8.32. The van der Waals surface area contributed by atoms with Gasteiger partial charge in [-0.15, -0.1) is 0 Å². The van der Waals surface area contributed by atoms with E-state index in [-0.39, 0.29) is 0 Å². The van der Waals surface area contributed by atoms with Gasteiger partial charge < -0.3 is 10.6 Å². The van der Waals surface area contributed by atoms with Crippen LogP contribution in [0.1, 0.15) is 50.5 Å². The van der Waals surface area contributed by atoms with E-state index >= 15 is 0 Å². The third-order valence-electron chi connectivity index (χ3n) is 5.10. The maximum Gasteiger partial charge on any atom is 0.0143 e. The van der Waals surface area contributed by atoms with Crippen molar-refractivity contribution in [1.82, 2.24) is 10.6 Å². The summed E-state index contributed by atoms with van der Waals surface area (Å²) >= 11 is 0. The average Bonchev–Trinajstić information content (AvgIpc) is 3.27. The molecule has 0 aromatic heterocycles. The minimum absolute atomic E-state index is 0.511. The molecule has 2 N–H and O–H groups in total. The van der Waals surface area contributed by atoms with Gasteiger partial charge in [0.05, 0.1) is 0 Å². The maximum atomic E-state index is 3.86. The van der Waals surface area contributed by atoms with Gasteiger partial charge in [-0.25, -0.2) is 0 Å². The van der Waals surface area contributed by atoms with E-state index < -0.39 is 0 Å². The van der Waals surface area contributed by atoms with Gasteiger partial charge in [-0.3, -0.25) is 0 Å². The van der Waals surface area contributed by atoms with Crippen LogP contribution in [-0.2, 0) is 0 Å². The van der Waals surface area contributed by atoms with E-state index in [2.05, 4.69) is 47.9 Å². The fourth-order valence-electron chi connectivity index (χ4n) is 3.85. The second kappa shape index (κ2) is 6.28. The topological polar surface area (TPSA) is 24.1 Å². The predicted octanol–water partition coefficient (Wildman–Crippen LogP) is 3.30. The highest BCUT2D eigenvalue weighted by atomic mass is 15.0. The van der Waals surface area contributed by atoms with Crippen LogP contribution in [0.15, 0.2) is 30.3 Å². The Bertz CT molecular complexity index is 403. The zero-order valence-corrected chi connectivity index (χ0v) is 12.7. The van der Waals surface area contributed by atoms with Gasteiger partial charge in [0, 0.05) is 25.0 Å². The molecule has 0 amide bonds. The summed E-state index contributed by atoms with van der Waals surface area (Å²) in [5.74, 6) is 0.756. The third kappa shape index (κ3) is 3.24. The number of hydrogen-bond donors (Lipinski definition) is 2. The van der Waals surface area contributed by atoms with Crippen LogP contribution < -0.4 is 10.6 Å². The van der Waals surface area contributed by atoms with E-state index in [9.17, 15) is 0 Å². The first kappa shape index (κ1) is 14.1. The monoisotopic (exact) mass is 272 g/mol. The van der Waals surface area contributed by atoms with E-state index in [1.807, 2.05) is 0 Å². The Morgan fingerprint density at radius 1 is 1.30 bits per heavy atom. The summed E-state index contributed by atoms with van der Waals surface area (Å²) in [6, 6.07) is 11.7. The smallest absolute Gasteiger partial charge is 0.0143 e. The zero-order valence-electron chi connectivity index (χ0n) is 12.7. The molecule has 1 saturated carbocycles. The van der Waals surface area contributed by atoms with Crippen molar-refractivity contribution in [2.75, 3.05) is 19.6 Å². The first-order valence-electron chi connectivity index (χ1n) is 8.32. The van der Waals surface area contributed by atoms with Crippen molar-refractivity contribution in [2.24, 2.45) is 5.41 Å². The predicted molar refractivity (Wildman–Crippen MR) is 85.0 cm³/mol. The van der Waals surface area contributed by atoms with E-state index in [1.165, 1.54) is 57.3 Å². The van der Waals surface area contributed by atoms with Gasteiger partial charge in [0.15, 0.2) is 0 Å². The molecule has 1 aromatic rings. The summed E-state index contributed by atoms with van der Waals surface area (Å²) in [6.07, 6.45) is 6.71. The molecular weight excluding hydrogens is 244 g/mol. The molecule has 3 atom stereocenters. The van der Waals surface area contributed by atoms with Crippen LogP contribution in [0.3, 0.4) is 0 Å². The van der Waals surface area contributed by atoms with Gasteiger partial charge in [0.1, 0.15) is 0 Å². The Kier molecular flexibility index (Phi) is 4.42. The number of nitrogens with one attached hydrogen (secondary N) is 2. The van der Waals surface area contributed by atoms with E-state index in [1.54, 1.807) is 0 Å². The molecule has 20 heavy (non-hydrogen) atoms. The van der Waals surface area contributed by atoms with Crippen LogP contribution in [0.25, 0.3) is 0 Å². The molecule has 0 radical (unpaired) electrons. The number of hydrogen-bond acceptors (Lipinski definition) is 2. The minimum atomic E-state index is 0.511. The van der Waals surface area contributed by atoms with Gasteiger partial charge in [0.2, 0.25) is 0 Å². The summed E-state index contributed by atoms with van der Waals surface area (Å²) in [5.41, 5.74) is 2.02. The summed E-state index contributed by atoms with van der Waals surface area (Å²) in [5, 5.41) is 7.47. The van der Waals surface area contributed by atoms with Crippen molar-refractivity contribution in [3.63, 3.8) is 0 Å². The lowest BCUT2D eigenvalue weighted by Crippen LogP contribution is -2.46. The molecule has 2 aliphatic rings. The highest BCUT2D eigenvalue weighted by Crippen LogP contribution is 2.41. The van der Waals surface area contributed by atoms with Gasteiger partial charge >= 0.3 is 0 Å². The quantitative estimate of drug-likeness (QED) is 0.830. The molecular formula is C18H28N2. The molecule has 2 nitrogen and oxygen atoms in total. The Morgan fingerprint density at radius 2 is 2.15 bits per heavy atom. The summed E-state index contributed by atoms with van der Waals surface area (Å²) in [4.78, 5) is 0. The molecule has 1 aliphatic carbocycles. The van der Waals surface area contributed by atoms with Gasteiger partial charge in [0.25, 0.3) is 0 Å².